The van der Waals surface area contributed by atoms with Crippen molar-refractivity contribution in [1.82, 2.24) is 4.98 Å². The minimum absolute atomic E-state index is 0.256. The Morgan fingerprint density at radius 3 is 2.86 bits per heavy atom. The molecule has 0 atom stereocenters. The van der Waals surface area contributed by atoms with E-state index >= 15 is 0 Å². The number of rotatable bonds is 1. The summed E-state index contributed by atoms with van der Waals surface area (Å²) in [4.78, 5) is 15.0. The second-order valence-electron chi connectivity index (χ2n) is 3.13. The maximum atomic E-state index is 10.9. The molecule has 2 aromatic rings. The number of aromatic carboxylic acids is 1. The van der Waals surface area contributed by atoms with Crippen LogP contribution in [0.4, 0.5) is 0 Å². The minimum Gasteiger partial charge on any atom is -0.478 e. The van der Waals surface area contributed by atoms with Crippen molar-refractivity contribution in [3.63, 3.8) is 0 Å². The number of aromatic nitrogens is 1. The molecule has 0 unspecified atom stereocenters. The number of pyridine rings is 1. The fourth-order valence-electron chi connectivity index (χ4n) is 1.49. The molecule has 1 aromatic heterocycles. The zero-order valence-electron chi connectivity index (χ0n) is 7.69. The van der Waals surface area contributed by atoms with Gasteiger partial charge < -0.3 is 5.11 Å². The molecule has 0 aliphatic carbocycles. The lowest BCUT2D eigenvalue weighted by Gasteiger charge is -2.03. The van der Waals surface area contributed by atoms with Crippen LogP contribution in [0.15, 0.2) is 30.5 Å². The molecule has 0 aliphatic heterocycles. The molecule has 0 spiro atoms. The summed E-state index contributed by atoms with van der Waals surface area (Å²) in [6, 6.07) is 7.05. The number of hydrogen-bond donors (Lipinski definition) is 1. The van der Waals surface area contributed by atoms with Crippen molar-refractivity contribution in [1.29, 1.82) is 0 Å². The van der Waals surface area contributed by atoms with Crippen molar-refractivity contribution in [2.24, 2.45) is 0 Å². The van der Waals surface area contributed by atoms with Gasteiger partial charge in [-0.05, 0) is 24.6 Å². The van der Waals surface area contributed by atoms with Gasteiger partial charge in [-0.25, -0.2) is 4.79 Å². The Morgan fingerprint density at radius 2 is 2.14 bits per heavy atom. The molecular weight excluding hydrogens is 178 g/mol. The lowest BCUT2D eigenvalue weighted by Crippen LogP contribution is -1.98. The molecule has 3 nitrogen and oxygen atoms in total. The van der Waals surface area contributed by atoms with Crippen LogP contribution >= 0.6 is 0 Å². The molecule has 3 heteroatoms. The van der Waals surface area contributed by atoms with E-state index in [-0.39, 0.29) is 5.56 Å². The van der Waals surface area contributed by atoms with Crippen molar-refractivity contribution < 1.29 is 9.90 Å². The molecule has 0 aliphatic rings. The first-order valence-electron chi connectivity index (χ1n) is 4.28. The number of nitrogens with zero attached hydrogens (tertiary/aromatic N) is 1. The molecule has 1 aromatic carbocycles. The summed E-state index contributed by atoms with van der Waals surface area (Å²) < 4.78 is 0. The fourth-order valence-corrected chi connectivity index (χ4v) is 1.49. The highest BCUT2D eigenvalue weighted by Crippen LogP contribution is 2.19. The first kappa shape index (κ1) is 8.69. The second kappa shape index (κ2) is 3.10. The maximum absolute atomic E-state index is 10.9. The standard InChI is InChI=1S/C11H9NO2/c1-7-5-6-12-10-8(7)3-2-4-9(10)11(13)14/h2-6H,1H3,(H,13,14). The third-order valence-electron chi connectivity index (χ3n) is 2.22. The fraction of sp³-hybridized carbons (Fsp3) is 0.0909. The first-order chi connectivity index (χ1) is 6.70. The van der Waals surface area contributed by atoms with Crippen LogP contribution in [0.1, 0.15) is 15.9 Å². The van der Waals surface area contributed by atoms with E-state index in [0.29, 0.717) is 5.52 Å². The van der Waals surface area contributed by atoms with Crippen LogP contribution in [0.25, 0.3) is 10.9 Å². The molecule has 0 radical (unpaired) electrons. The van der Waals surface area contributed by atoms with E-state index in [4.69, 9.17) is 5.11 Å². The summed E-state index contributed by atoms with van der Waals surface area (Å²) >= 11 is 0. The molecule has 0 saturated heterocycles. The summed E-state index contributed by atoms with van der Waals surface area (Å²) in [5.74, 6) is -0.936. The quantitative estimate of drug-likeness (QED) is 0.744. The molecule has 0 amide bonds. The first-order valence-corrected chi connectivity index (χ1v) is 4.28. The summed E-state index contributed by atoms with van der Waals surface area (Å²) in [6.45, 7) is 1.94. The van der Waals surface area contributed by atoms with Crippen LogP contribution in [-0.2, 0) is 0 Å². The number of hydrogen-bond acceptors (Lipinski definition) is 2. The normalized spacial score (nSPS) is 10.4. The van der Waals surface area contributed by atoms with Gasteiger partial charge in [-0.3, -0.25) is 4.98 Å². The number of fused-ring (bicyclic) bond motifs is 1. The van der Waals surface area contributed by atoms with Crippen LogP contribution in [0.5, 0.6) is 0 Å². The molecule has 0 bridgehead atoms. The minimum atomic E-state index is -0.936. The summed E-state index contributed by atoms with van der Waals surface area (Å²) in [7, 11) is 0. The smallest absolute Gasteiger partial charge is 0.337 e. The average Bonchev–Trinajstić information content (AvgIpc) is 2.17. The SMILES string of the molecule is Cc1ccnc2c(C(=O)O)cccc12. The highest BCUT2D eigenvalue weighted by molar-refractivity contribution is 6.02. The monoisotopic (exact) mass is 187 g/mol. The van der Waals surface area contributed by atoms with E-state index < -0.39 is 5.97 Å². The van der Waals surface area contributed by atoms with E-state index in [9.17, 15) is 4.79 Å². The third kappa shape index (κ3) is 1.23. The zero-order valence-corrected chi connectivity index (χ0v) is 7.69. The maximum Gasteiger partial charge on any atom is 0.337 e. The van der Waals surface area contributed by atoms with Crippen LogP contribution in [-0.4, -0.2) is 16.1 Å². The summed E-state index contributed by atoms with van der Waals surface area (Å²) in [6.07, 6.45) is 1.63. The lowest BCUT2D eigenvalue weighted by atomic mass is 10.1. The van der Waals surface area contributed by atoms with Crippen LogP contribution < -0.4 is 0 Å². The van der Waals surface area contributed by atoms with E-state index in [1.54, 1.807) is 18.3 Å². The molecule has 1 N–H and O–H groups in total. The number of para-hydroxylation sites is 1. The van der Waals surface area contributed by atoms with E-state index in [1.807, 2.05) is 19.1 Å². The van der Waals surface area contributed by atoms with E-state index in [0.717, 1.165) is 10.9 Å². The molecular formula is C11H9NO2. The van der Waals surface area contributed by atoms with Gasteiger partial charge in [-0.2, -0.15) is 0 Å². The zero-order chi connectivity index (χ0) is 10.1. The molecule has 70 valence electrons. The Hall–Kier alpha value is -1.90. The number of carbonyl (C=O) groups is 1. The number of benzene rings is 1. The van der Waals surface area contributed by atoms with Gasteiger partial charge in [0.15, 0.2) is 0 Å². The molecule has 14 heavy (non-hydrogen) atoms. The van der Waals surface area contributed by atoms with Crippen molar-refractivity contribution in [2.75, 3.05) is 0 Å². The molecule has 2 rings (SSSR count). The van der Waals surface area contributed by atoms with Crippen molar-refractivity contribution in [2.45, 2.75) is 6.92 Å². The third-order valence-corrected chi connectivity index (χ3v) is 2.22. The Morgan fingerprint density at radius 1 is 1.36 bits per heavy atom. The van der Waals surface area contributed by atoms with Crippen molar-refractivity contribution in [3.05, 3.63) is 41.6 Å². The van der Waals surface area contributed by atoms with Crippen molar-refractivity contribution >= 4 is 16.9 Å². The number of aryl methyl sites for hydroxylation is 1. The van der Waals surface area contributed by atoms with Gasteiger partial charge in [0.25, 0.3) is 0 Å². The van der Waals surface area contributed by atoms with Crippen LogP contribution in [0.3, 0.4) is 0 Å². The van der Waals surface area contributed by atoms with Crippen LogP contribution in [0.2, 0.25) is 0 Å². The number of carboxylic acid groups (broad SMARTS) is 1. The predicted octanol–water partition coefficient (Wildman–Crippen LogP) is 2.24. The molecule has 0 saturated carbocycles. The second-order valence-corrected chi connectivity index (χ2v) is 3.13. The highest BCUT2D eigenvalue weighted by atomic mass is 16.4. The highest BCUT2D eigenvalue weighted by Gasteiger charge is 2.09. The van der Waals surface area contributed by atoms with Gasteiger partial charge in [-0.1, -0.05) is 12.1 Å². The Kier molecular flexibility index (Phi) is 1.93. The summed E-state index contributed by atoms with van der Waals surface area (Å²) in [5, 5.41) is 9.83. The Bertz CT molecular complexity index is 506. The van der Waals surface area contributed by atoms with Gasteiger partial charge in [0.05, 0.1) is 11.1 Å². The van der Waals surface area contributed by atoms with Gasteiger partial charge in [0.2, 0.25) is 0 Å². The Labute approximate surface area is 81.0 Å². The van der Waals surface area contributed by atoms with Crippen molar-refractivity contribution in [3.8, 4) is 0 Å². The number of carboxylic acids is 1. The largest absolute Gasteiger partial charge is 0.478 e. The predicted molar refractivity (Wildman–Crippen MR) is 53.4 cm³/mol. The Balaban J connectivity index is 2.88. The average molecular weight is 187 g/mol. The van der Waals surface area contributed by atoms with Crippen LogP contribution in [0, 0.1) is 6.92 Å². The molecule has 1 heterocycles. The van der Waals surface area contributed by atoms with Gasteiger partial charge in [-0.15, -0.1) is 0 Å². The van der Waals surface area contributed by atoms with E-state index in [1.165, 1.54) is 0 Å². The van der Waals surface area contributed by atoms with Gasteiger partial charge in [0.1, 0.15) is 0 Å². The lowest BCUT2D eigenvalue weighted by molar-refractivity contribution is 0.0699. The van der Waals surface area contributed by atoms with Gasteiger partial charge >= 0.3 is 5.97 Å². The molecule has 0 fully saturated rings. The van der Waals surface area contributed by atoms with Gasteiger partial charge in [0, 0.05) is 11.6 Å². The summed E-state index contributed by atoms with van der Waals surface area (Å²) in [5.41, 5.74) is 1.85. The topological polar surface area (TPSA) is 50.2 Å². The van der Waals surface area contributed by atoms with E-state index in [2.05, 4.69) is 4.98 Å².